The summed E-state index contributed by atoms with van der Waals surface area (Å²) in [6.45, 7) is 7.25. The topological polar surface area (TPSA) is 237 Å². The number of phosphoric acid groups is 2. The molecule has 3 N–H and O–H groups in total. The molecule has 0 rings (SSSR count). The fraction of sp³-hybridized carbons (Fsp3) is 0.949. The van der Waals surface area contributed by atoms with Gasteiger partial charge in [-0.3, -0.25) is 37.3 Å². The summed E-state index contributed by atoms with van der Waals surface area (Å²) in [6.07, 6.45) is 61.1. The highest BCUT2D eigenvalue weighted by Crippen LogP contribution is 2.45. The van der Waals surface area contributed by atoms with E-state index in [0.717, 1.165) is 96.3 Å². The van der Waals surface area contributed by atoms with Crippen molar-refractivity contribution in [1.29, 1.82) is 0 Å². The summed E-state index contributed by atoms with van der Waals surface area (Å²) in [5, 5.41) is 10.6. The fourth-order valence-corrected chi connectivity index (χ4v) is 13.6. The number of ether oxygens (including phenoxy) is 4. The summed E-state index contributed by atoms with van der Waals surface area (Å²) in [6, 6.07) is 0. The van der Waals surface area contributed by atoms with Gasteiger partial charge in [-0.2, -0.15) is 0 Å². The van der Waals surface area contributed by atoms with Crippen LogP contribution in [-0.2, 0) is 65.4 Å². The lowest BCUT2D eigenvalue weighted by Gasteiger charge is -2.21. The molecule has 0 radical (unpaired) electrons. The highest BCUT2D eigenvalue weighted by molar-refractivity contribution is 7.47. The molecule has 0 amide bonds. The van der Waals surface area contributed by atoms with Crippen molar-refractivity contribution in [2.45, 2.75) is 432 Å². The molecule has 0 heterocycles. The number of aliphatic hydroxyl groups is 1. The Balaban J connectivity index is 5.22. The Kier molecular flexibility index (Phi) is 69.6. The standard InChI is InChI=1S/C78H152O17P2/c1-6-9-12-15-18-21-24-27-29-30-31-32-33-35-37-40-43-48-54-59-64-78(83)94-73(67-88-75(80)61-56-51-46-41-39-36-34-28-25-22-19-16-13-10-7-2)69-92-96(84,85)90-65-72(79)66-91-97(86,87)93-70-74(68-89-76(81)62-57-52-49-44-45-50-55-60-71(4)5)95-77(82)63-58-53-47-42-38-26-23-20-17-14-11-8-3/h71-74,79H,6-70H2,1-5H3,(H,84,85)(H,86,87)/t72-,73-,74-/m1/s1. The highest BCUT2D eigenvalue weighted by atomic mass is 31.2. The average molecular weight is 1420 g/mol. The first-order chi connectivity index (χ1) is 47.0. The van der Waals surface area contributed by atoms with Gasteiger partial charge in [-0.1, -0.05) is 362 Å². The van der Waals surface area contributed by atoms with Crippen LogP contribution in [0.2, 0.25) is 0 Å². The molecule has 0 aromatic carbocycles. The normalized spacial score (nSPS) is 13.9. The van der Waals surface area contributed by atoms with E-state index in [1.807, 2.05) is 0 Å². The molecule has 2 unspecified atom stereocenters. The number of carbonyl (C=O) groups is 4. The third-order valence-electron chi connectivity index (χ3n) is 18.3. The zero-order valence-electron chi connectivity index (χ0n) is 63.2. The number of hydrogen-bond acceptors (Lipinski definition) is 15. The highest BCUT2D eigenvalue weighted by Gasteiger charge is 2.30. The predicted octanol–water partition coefficient (Wildman–Crippen LogP) is 23.3. The van der Waals surface area contributed by atoms with Crippen LogP contribution in [0, 0.1) is 5.92 Å². The Morgan fingerprint density at radius 1 is 0.278 bits per heavy atom. The smallest absolute Gasteiger partial charge is 0.462 e. The molecule has 0 saturated carbocycles. The number of hydrogen-bond donors (Lipinski definition) is 3. The Bertz CT molecular complexity index is 1860. The van der Waals surface area contributed by atoms with Gasteiger partial charge >= 0.3 is 39.5 Å². The van der Waals surface area contributed by atoms with Gasteiger partial charge in [0.2, 0.25) is 0 Å². The van der Waals surface area contributed by atoms with E-state index in [0.29, 0.717) is 31.6 Å². The largest absolute Gasteiger partial charge is 0.472 e. The number of esters is 4. The molecule has 19 heteroatoms. The average Bonchev–Trinajstić information content (AvgIpc) is 1.12. The Hall–Kier alpha value is -1.94. The Morgan fingerprint density at radius 2 is 0.474 bits per heavy atom. The van der Waals surface area contributed by atoms with Gasteiger partial charge in [0, 0.05) is 25.7 Å². The lowest BCUT2D eigenvalue weighted by atomic mass is 10.0. The molecule has 17 nitrogen and oxygen atoms in total. The number of rotatable bonds is 78. The molecule has 5 atom stereocenters. The van der Waals surface area contributed by atoms with Gasteiger partial charge in [0.1, 0.15) is 19.3 Å². The van der Waals surface area contributed by atoms with Crippen LogP contribution in [0.5, 0.6) is 0 Å². The number of aliphatic hydroxyl groups excluding tert-OH is 1. The maximum absolute atomic E-state index is 13.1. The number of unbranched alkanes of at least 4 members (excludes halogenated alkanes) is 50. The molecule has 0 saturated heterocycles. The first-order valence-corrected chi connectivity index (χ1v) is 43.6. The number of carbonyl (C=O) groups excluding carboxylic acids is 4. The fourth-order valence-electron chi connectivity index (χ4n) is 12.1. The minimum atomic E-state index is -4.96. The van der Waals surface area contributed by atoms with Crippen LogP contribution in [0.3, 0.4) is 0 Å². The van der Waals surface area contributed by atoms with E-state index in [2.05, 4.69) is 34.6 Å². The Labute approximate surface area is 594 Å². The monoisotopic (exact) mass is 1420 g/mol. The quantitative estimate of drug-likeness (QED) is 0.0222. The van der Waals surface area contributed by atoms with Crippen molar-refractivity contribution < 1.29 is 80.2 Å². The van der Waals surface area contributed by atoms with E-state index < -0.39 is 97.5 Å². The zero-order valence-corrected chi connectivity index (χ0v) is 65.0. The van der Waals surface area contributed by atoms with Crippen LogP contribution in [0.15, 0.2) is 0 Å². The molecule has 97 heavy (non-hydrogen) atoms. The molecule has 0 spiro atoms. The summed E-state index contributed by atoms with van der Waals surface area (Å²) in [5.74, 6) is -1.41. The van der Waals surface area contributed by atoms with Crippen molar-refractivity contribution in [3.05, 3.63) is 0 Å². The minimum absolute atomic E-state index is 0.107. The third-order valence-corrected chi connectivity index (χ3v) is 20.2. The molecule has 0 fully saturated rings. The molecule has 0 aromatic rings. The van der Waals surface area contributed by atoms with Crippen LogP contribution in [-0.4, -0.2) is 96.7 Å². The lowest BCUT2D eigenvalue weighted by Crippen LogP contribution is -2.30. The third kappa shape index (κ3) is 72.2. The van der Waals surface area contributed by atoms with Gasteiger partial charge in [0.15, 0.2) is 12.2 Å². The van der Waals surface area contributed by atoms with Crippen LogP contribution in [0.4, 0.5) is 0 Å². The van der Waals surface area contributed by atoms with E-state index in [1.54, 1.807) is 0 Å². The molecule has 0 aliphatic carbocycles. The maximum Gasteiger partial charge on any atom is 0.472 e. The predicted molar refractivity (Wildman–Crippen MR) is 395 cm³/mol. The van der Waals surface area contributed by atoms with Crippen LogP contribution in [0.1, 0.15) is 413 Å². The summed E-state index contributed by atoms with van der Waals surface area (Å²) in [7, 11) is -9.91. The summed E-state index contributed by atoms with van der Waals surface area (Å²) in [4.78, 5) is 72.9. The van der Waals surface area contributed by atoms with Crippen molar-refractivity contribution in [2.24, 2.45) is 5.92 Å². The van der Waals surface area contributed by atoms with Gasteiger partial charge in [-0.15, -0.1) is 0 Å². The second-order valence-corrected chi connectivity index (χ2v) is 31.5. The summed E-state index contributed by atoms with van der Waals surface area (Å²) in [5.41, 5.74) is 0. The van der Waals surface area contributed by atoms with Gasteiger partial charge in [-0.05, 0) is 31.6 Å². The van der Waals surface area contributed by atoms with Gasteiger partial charge < -0.3 is 33.8 Å². The van der Waals surface area contributed by atoms with Crippen LogP contribution >= 0.6 is 15.6 Å². The van der Waals surface area contributed by atoms with Gasteiger partial charge in [0.05, 0.1) is 26.4 Å². The molecule has 0 aliphatic rings. The molecular formula is C78H152O17P2. The van der Waals surface area contributed by atoms with Crippen molar-refractivity contribution in [2.75, 3.05) is 39.6 Å². The Morgan fingerprint density at radius 3 is 0.701 bits per heavy atom. The maximum atomic E-state index is 13.1. The zero-order chi connectivity index (χ0) is 71.2. The van der Waals surface area contributed by atoms with Gasteiger partial charge in [-0.25, -0.2) is 9.13 Å². The SMILES string of the molecule is CCCCCCCCCCCCCCCCCCCCCCC(=O)O[C@H](COC(=O)CCCCCCCCCCCCCCCCC)COP(=O)(O)OC[C@@H](O)COP(=O)(O)OC[C@@H](COC(=O)CCCCCCCCCC(C)C)OC(=O)CCCCCCCCCCCCCC. The molecule has 0 aromatic heterocycles. The van der Waals surface area contributed by atoms with E-state index in [1.165, 1.54) is 231 Å². The molecule has 576 valence electrons. The van der Waals surface area contributed by atoms with Crippen LogP contribution in [0.25, 0.3) is 0 Å². The minimum Gasteiger partial charge on any atom is -0.462 e. The first-order valence-electron chi connectivity index (χ1n) is 40.6. The molecule has 0 aliphatic heterocycles. The van der Waals surface area contributed by atoms with Crippen LogP contribution < -0.4 is 0 Å². The van der Waals surface area contributed by atoms with E-state index in [-0.39, 0.29) is 25.7 Å². The van der Waals surface area contributed by atoms with Crippen molar-refractivity contribution in [1.82, 2.24) is 0 Å². The summed E-state index contributed by atoms with van der Waals surface area (Å²) >= 11 is 0. The second-order valence-electron chi connectivity index (χ2n) is 28.6. The van der Waals surface area contributed by atoms with E-state index >= 15 is 0 Å². The molecule has 0 bridgehead atoms. The lowest BCUT2D eigenvalue weighted by molar-refractivity contribution is -0.161. The molecular weight excluding hydrogens is 1270 g/mol. The van der Waals surface area contributed by atoms with Crippen molar-refractivity contribution in [3.63, 3.8) is 0 Å². The number of phosphoric ester groups is 2. The van der Waals surface area contributed by atoms with Gasteiger partial charge in [0.25, 0.3) is 0 Å². The summed E-state index contributed by atoms with van der Waals surface area (Å²) < 4.78 is 68.6. The van der Waals surface area contributed by atoms with Crippen molar-refractivity contribution >= 4 is 39.5 Å². The van der Waals surface area contributed by atoms with E-state index in [4.69, 9.17) is 37.0 Å². The van der Waals surface area contributed by atoms with Crippen molar-refractivity contribution in [3.8, 4) is 0 Å². The first kappa shape index (κ1) is 95.1. The second kappa shape index (κ2) is 71.1. The van der Waals surface area contributed by atoms with E-state index in [9.17, 15) is 43.2 Å².